The molecule has 0 saturated heterocycles. The molecule has 3 rings (SSSR count). The minimum atomic E-state index is -1.00. The number of nitrogens with one attached hydrogen (secondary N) is 2. The maximum atomic E-state index is 12.8. The van der Waals surface area contributed by atoms with Gasteiger partial charge in [-0.2, -0.15) is 0 Å². The summed E-state index contributed by atoms with van der Waals surface area (Å²) >= 11 is 1.48. The van der Waals surface area contributed by atoms with Crippen molar-refractivity contribution in [1.82, 2.24) is 5.32 Å². The Morgan fingerprint density at radius 3 is 2.44 bits per heavy atom. The molecule has 0 spiro atoms. The van der Waals surface area contributed by atoms with Gasteiger partial charge in [-0.3, -0.25) is 14.4 Å². The second-order valence-corrected chi connectivity index (χ2v) is 9.81. The van der Waals surface area contributed by atoms with Crippen LogP contribution in [0.2, 0.25) is 0 Å². The number of carbonyl (C=O) groups excluding carboxylic acids is 2. The summed E-state index contributed by atoms with van der Waals surface area (Å²) in [6.45, 7) is 6.72. The first kappa shape index (κ1) is 19.9. The minimum Gasteiger partial charge on any atom is -0.481 e. The zero-order valence-corrected chi connectivity index (χ0v) is 17.0. The van der Waals surface area contributed by atoms with Crippen molar-refractivity contribution in [2.24, 2.45) is 11.3 Å². The van der Waals surface area contributed by atoms with Gasteiger partial charge >= 0.3 is 5.97 Å². The predicted octanol–water partition coefficient (Wildman–Crippen LogP) is 3.59. The van der Waals surface area contributed by atoms with Gasteiger partial charge in [0.25, 0.3) is 5.91 Å². The summed E-state index contributed by atoms with van der Waals surface area (Å²) < 4.78 is 0. The summed E-state index contributed by atoms with van der Waals surface area (Å²) in [5.41, 5.74) is 1.85. The first-order valence-electron chi connectivity index (χ1n) is 9.62. The Kier molecular flexibility index (Phi) is 5.60. The van der Waals surface area contributed by atoms with Crippen molar-refractivity contribution in [3.63, 3.8) is 0 Å². The van der Waals surface area contributed by atoms with E-state index in [1.807, 2.05) is 0 Å². The third-order valence-electron chi connectivity index (χ3n) is 5.45. The summed E-state index contributed by atoms with van der Waals surface area (Å²) in [5.74, 6) is -0.935. The lowest BCUT2D eigenvalue weighted by Gasteiger charge is -2.33. The van der Waals surface area contributed by atoms with Crippen LogP contribution < -0.4 is 10.6 Å². The quantitative estimate of drug-likeness (QED) is 0.689. The Labute approximate surface area is 163 Å². The van der Waals surface area contributed by atoms with E-state index in [0.29, 0.717) is 16.5 Å². The van der Waals surface area contributed by atoms with Gasteiger partial charge in [-0.1, -0.05) is 20.8 Å². The van der Waals surface area contributed by atoms with Crippen LogP contribution in [0, 0.1) is 11.3 Å². The molecule has 1 saturated carbocycles. The van der Waals surface area contributed by atoms with Crippen LogP contribution in [0.1, 0.15) is 73.7 Å². The van der Waals surface area contributed by atoms with Crippen LogP contribution in [0.5, 0.6) is 0 Å². The van der Waals surface area contributed by atoms with Crippen LogP contribution in [-0.4, -0.2) is 28.9 Å². The number of hydrogen-bond donors (Lipinski definition) is 3. The van der Waals surface area contributed by atoms with Crippen LogP contribution >= 0.6 is 11.3 Å². The summed E-state index contributed by atoms with van der Waals surface area (Å²) in [6.07, 6.45) is 4.49. The largest absolute Gasteiger partial charge is 0.481 e. The van der Waals surface area contributed by atoms with Crippen LogP contribution in [0.25, 0.3) is 0 Å². The van der Waals surface area contributed by atoms with E-state index in [0.717, 1.165) is 37.7 Å². The van der Waals surface area contributed by atoms with Gasteiger partial charge in [-0.05, 0) is 49.0 Å². The molecule has 2 amide bonds. The number of rotatable bonds is 6. The molecule has 0 bridgehead atoms. The number of hydrogen-bond acceptors (Lipinski definition) is 4. The third kappa shape index (κ3) is 4.89. The average molecular weight is 393 g/mol. The van der Waals surface area contributed by atoms with E-state index < -0.39 is 5.97 Å². The van der Waals surface area contributed by atoms with E-state index >= 15 is 0 Å². The van der Waals surface area contributed by atoms with Crippen molar-refractivity contribution in [3.05, 3.63) is 16.0 Å². The molecule has 27 heavy (non-hydrogen) atoms. The van der Waals surface area contributed by atoms with Gasteiger partial charge in [-0.15, -0.1) is 11.3 Å². The van der Waals surface area contributed by atoms with Gasteiger partial charge in [0.2, 0.25) is 5.91 Å². The van der Waals surface area contributed by atoms with Gasteiger partial charge in [0.1, 0.15) is 5.00 Å². The SMILES string of the molecule is CC(C)(C)[C@@H]1CCc2c(sc(NC(=O)CCC(=O)O)c2C(=O)NC2CC2)C1. The van der Waals surface area contributed by atoms with Crippen molar-refractivity contribution >= 4 is 34.1 Å². The van der Waals surface area contributed by atoms with Crippen molar-refractivity contribution in [2.75, 3.05) is 5.32 Å². The lowest BCUT2D eigenvalue weighted by Crippen LogP contribution is -2.29. The zero-order valence-electron chi connectivity index (χ0n) is 16.2. The van der Waals surface area contributed by atoms with Gasteiger partial charge in [-0.25, -0.2) is 0 Å². The Morgan fingerprint density at radius 2 is 1.85 bits per heavy atom. The summed E-state index contributed by atoms with van der Waals surface area (Å²) in [7, 11) is 0. The van der Waals surface area contributed by atoms with Crippen LogP contribution in [0.3, 0.4) is 0 Å². The molecule has 6 nitrogen and oxygen atoms in total. The number of thiophene rings is 1. The van der Waals surface area contributed by atoms with E-state index in [9.17, 15) is 14.4 Å². The molecule has 3 N–H and O–H groups in total. The Morgan fingerprint density at radius 1 is 1.15 bits per heavy atom. The fraction of sp³-hybridized carbons (Fsp3) is 0.650. The van der Waals surface area contributed by atoms with Crippen molar-refractivity contribution in [3.8, 4) is 0 Å². The van der Waals surface area contributed by atoms with E-state index in [4.69, 9.17) is 5.11 Å². The first-order chi connectivity index (χ1) is 12.6. The van der Waals surface area contributed by atoms with E-state index in [2.05, 4.69) is 31.4 Å². The second kappa shape index (κ2) is 7.62. The maximum absolute atomic E-state index is 12.8. The lowest BCUT2D eigenvalue weighted by molar-refractivity contribution is -0.138. The molecule has 1 aromatic rings. The molecule has 0 aliphatic heterocycles. The topological polar surface area (TPSA) is 95.5 Å². The molecule has 1 heterocycles. The predicted molar refractivity (Wildman–Crippen MR) is 105 cm³/mol. The third-order valence-corrected chi connectivity index (χ3v) is 6.62. The van der Waals surface area contributed by atoms with E-state index in [1.165, 1.54) is 16.2 Å². The number of anilines is 1. The van der Waals surface area contributed by atoms with Crippen LogP contribution in [0.15, 0.2) is 0 Å². The number of aliphatic carboxylic acids is 1. The smallest absolute Gasteiger partial charge is 0.303 e. The van der Waals surface area contributed by atoms with Crippen LogP contribution in [0.4, 0.5) is 5.00 Å². The fourth-order valence-electron chi connectivity index (χ4n) is 3.55. The van der Waals surface area contributed by atoms with Gasteiger partial charge in [0.05, 0.1) is 12.0 Å². The summed E-state index contributed by atoms with van der Waals surface area (Å²) in [4.78, 5) is 36.9. The number of carboxylic acid groups (broad SMARTS) is 1. The van der Waals surface area contributed by atoms with E-state index in [1.54, 1.807) is 0 Å². The normalized spacial score (nSPS) is 19.3. The molecule has 7 heteroatoms. The standard InChI is InChI=1S/C20H28N2O4S/c1-20(2,3)11-4-7-13-14(10-11)27-19(22-15(23)8-9-16(24)25)17(13)18(26)21-12-5-6-12/h11-12H,4-10H2,1-3H3,(H,21,26)(H,22,23)(H,24,25)/t11-/m1/s1. The summed E-state index contributed by atoms with van der Waals surface area (Å²) in [5, 5.41) is 15.2. The highest BCUT2D eigenvalue weighted by Gasteiger charge is 2.35. The average Bonchev–Trinajstić information content (AvgIpc) is 3.30. The van der Waals surface area contributed by atoms with Gasteiger partial charge in [0, 0.05) is 17.3 Å². The monoisotopic (exact) mass is 392 g/mol. The molecule has 1 aromatic heterocycles. The van der Waals surface area contributed by atoms with Crippen molar-refractivity contribution in [2.45, 2.75) is 71.8 Å². The number of fused-ring (bicyclic) bond motifs is 1. The van der Waals surface area contributed by atoms with Gasteiger partial charge < -0.3 is 15.7 Å². The Balaban J connectivity index is 1.84. The maximum Gasteiger partial charge on any atom is 0.303 e. The number of amides is 2. The fourth-order valence-corrected chi connectivity index (χ4v) is 4.89. The van der Waals surface area contributed by atoms with Crippen LogP contribution in [-0.2, 0) is 22.4 Å². The van der Waals surface area contributed by atoms with Gasteiger partial charge in [0.15, 0.2) is 0 Å². The molecular weight excluding hydrogens is 364 g/mol. The molecular formula is C20H28N2O4S. The van der Waals surface area contributed by atoms with Crippen molar-refractivity contribution < 1.29 is 19.5 Å². The Hall–Kier alpha value is -1.89. The minimum absolute atomic E-state index is 0.0911. The molecule has 1 atom stereocenters. The zero-order chi connectivity index (χ0) is 19.8. The highest BCUT2D eigenvalue weighted by atomic mass is 32.1. The molecule has 2 aliphatic carbocycles. The molecule has 1 fully saturated rings. The molecule has 2 aliphatic rings. The number of carbonyl (C=O) groups is 3. The first-order valence-corrected chi connectivity index (χ1v) is 10.4. The second-order valence-electron chi connectivity index (χ2n) is 8.70. The summed E-state index contributed by atoms with van der Waals surface area (Å²) in [6, 6.07) is 0.245. The molecule has 0 unspecified atom stereocenters. The Bertz CT molecular complexity index is 759. The van der Waals surface area contributed by atoms with Crippen molar-refractivity contribution in [1.29, 1.82) is 0 Å². The molecule has 148 valence electrons. The highest BCUT2D eigenvalue weighted by Crippen LogP contribution is 2.44. The highest BCUT2D eigenvalue weighted by molar-refractivity contribution is 7.17. The molecule has 0 radical (unpaired) electrons. The lowest BCUT2D eigenvalue weighted by atomic mass is 9.72. The molecule has 0 aromatic carbocycles. The number of carboxylic acids is 1. The van der Waals surface area contributed by atoms with E-state index in [-0.39, 0.29) is 36.1 Å².